The fourth-order valence-electron chi connectivity index (χ4n) is 1.80. The molecule has 0 bridgehead atoms. The molecule has 110 valence electrons. The van der Waals surface area contributed by atoms with Crippen LogP contribution in [0, 0.1) is 0 Å². The molecule has 0 saturated carbocycles. The molecule has 0 spiro atoms. The highest BCUT2D eigenvalue weighted by molar-refractivity contribution is 4.98. The lowest BCUT2D eigenvalue weighted by Crippen LogP contribution is -2.28. The third-order valence-corrected chi connectivity index (χ3v) is 3.01. The summed E-state index contributed by atoms with van der Waals surface area (Å²) in [7, 11) is 1.88. The number of rotatable bonds is 9. The van der Waals surface area contributed by atoms with Crippen molar-refractivity contribution < 1.29 is 18.0 Å². The summed E-state index contributed by atoms with van der Waals surface area (Å²) in [6.45, 7) is 3.71. The molecule has 7 heteroatoms. The van der Waals surface area contributed by atoms with Gasteiger partial charge < -0.3 is 14.6 Å². The van der Waals surface area contributed by atoms with Gasteiger partial charge in [-0.3, -0.25) is 0 Å². The number of alkyl halides is 2. The number of nitrogens with zero attached hydrogens (tertiary/aromatic N) is 2. The molecular weight excluding hydrogens is 256 g/mol. The molecule has 0 fully saturated rings. The molecule has 1 aromatic heterocycles. The molecule has 1 N–H and O–H groups in total. The van der Waals surface area contributed by atoms with Gasteiger partial charge in [0.15, 0.2) is 5.82 Å². The molecule has 0 amide bonds. The monoisotopic (exact) mass is 277 g/mol. The van der Waals surface area contributed by atoms with Crippen LogP contribution in [0.25, 0.3) is 0 Å². The largest absolute Gasteiger partial charge is 0.375 e. The second kappa shape index (κ2) is 8.16. The molecule has 5 nitrogen and oxygen atoms in total. The molecule has 1 heterocycles. The van der Waals surface area contributed by atoms with E-state index in [9.17, 15) is 8.78 Å². The Labute approximate surface area is 111 Å². The quantitative estimate of drug-likeness (QED) is 0.699. The second-order valence-corrected chi connectivity index (χ2v) is 4.36. The van der Waals surface area contributed by atoms with Crippen LogP contribution in [0.5, 0.6) is 0 Å². The van der Waals surface area contributed by atoms with Crippen LogP contribution in [0.15, 0.2) is 4.52 Å². The zero-order chi connectivity index (χ0) is 14.3. The van der Waals surface area contributed by atoms with Crippen molar-refractivity contribution in [1.29, 1.82) is 0 Å². The standard InChI is InChI=1S/C12H21F2N3O2/c1-4-9(8(2)15-3)12-16-11(17-19-12)5-6-18-7-10(13)14/h8-10,15H,4-7H2,1-3H3. The van der Waals surface area contributed by atoms with E-state index in [2.05, 4.69) is 15.5 Å². The lowest BCUT2D eigenvalue weighted by atomic mass is 9.98. The van der Waals surface area contributed by atoms with E-state index in [-0.39, 0.29) is 18.6 Å². The van der Waals surface area contributed by atoms with Gasteiger partial charge in [0.1, 0.15) is 6.61 Å². The lowest BCUT2D eigenvalue weighted by Gasteiger charge is -2.17. The molecule has 0 radical (unpaired) electrons. The molecule has 1 aromatic rings. The Morgan fingerprint density at radius 3 is 2.74 bits per heavy atom. The van der Waals surface area contributed by atoms with Gasteiger partial charge in [-0.05, 0) is 20.4 Å². The van der Waals surface area contributed by atoms with Crippen LogP contribution in [-0.2, 0) is 11.2 Å². The highest BCUT2D eigenvalue weighted by Gasteiger charge is 2.22. The maximum absolute atomic E-state index is 11.9. The number of nitrogens with one attached hydrogen (secondary N) is 1. The molecule has 1 rings (SSSR count). The lowest BCUT2D eigenvalue weighted by molar-refractivity contribution is 0.0182. The summed E-state index contributed by atoms with van der Waals surface area (Å²) >= 11 is 0. The summed E-state index contributed by atoms with van der Waals surface area (Å²) < 4.78 is 33.7. The zero-order valence-corrected chi connectivity index (χ0v) is 11.5. The van der Waals surface area contributed by atoms with Crippen molar-refractivity contribution in [2.24, 2.45) is 0 Å². The minimum Gasteiger partial charge on any atom is -0.375 e. The summed E-state index contributed by atoms with van der Waals surface area (Å²) in [6.07, 6.45) is -1.19. The Morgan fingerprint density at radius 2 is 2.16 bits per heavy atom. The van der Waals surface area contributed by atoms with E-state index in [0.717, 1.165) is 6.42 Å². The van der Waals surface area contributed by atoms with Crippen molar-refractivity contribution in [3.8, 4) is 0 Å². The number of aromatic nitrogens is 2. The molecule has 0 saturated heterocycles. The number of likely N-dealkylation sites (N-methyl/N-ethyl adjacent to an activating group) is 1. The predicted molar refractivity (Wildman–Crippen MR) is 66.4 cm³/mol. The number of halogens is 2. The highest BCUT2D eigenvalue weighted by atomic mass is 19.3. The molecule has 2 atom stereocenters. The minimum atomic E-state index is -2.44. The van der Waals surface area contributed by atoms with Gasteiger partial charge in [0.05, 0.1) is 12.5 Å². The van der Waals surface area contributed by atoms with Gasteiger partial charge in [0.25, 0.3) is 6.43 Å². The summed E-state index contributed by atoms with van der Waals surface area (Å²) in [4.78, 5) is 4.28. The van der Waals surface area contributed by atoms with Crippen molar-refractivity contribution in [2.75, 3.05) is 20.3 Å². The van der Waals surface area contributed by atoms with Gasteiger partial charge in [-0.25, -0.2) is 8.78 Å². The van der Waals surface area contributed by atoms with Crippen LogP contribution in [0.3, 0.4) is 0 Å². The van der Waals surface area contributed by atoms with E-state index in [1.807, 2.05) is 20.9 Å². The number of hydrogen-bond donors (Lipinski definition) is 1. The average Bonchev–Trinajstić information content (AvgIpc) is 2.83. The Bertz CT molecular complexity index is 360. The number of hydrogen-bond acceptors (Lipinski definition) is 5. The van der Waals surface area contributed by atoms with Gasteiger partial charge in [-0.1, -0.05) is 12.1 Å². The smallest absolute Gasteiger partial charge is 0.261 e. The predicted octanol–water partition coefficient (Wildman–Crippen LogP) is 2.00. The van der Waals surface area contributed by atoms with Gasteiger partial charge >= 0.3 is 0 Å². The van der Waals surface area contributed by atoms with E-state index >= 15 is 0 Å². The van der Waals surface area contributed by atoms with Gasteiger partial charge in [-0.2, -0.15) is 4.98 Å². The van der Waals surface area contributed by atoms with Crippen LogP contribution in [0.4, 0.5) is 8.78 Å². The van der Waals surface area contributed by atoms with Crippen molar-refractivity contribution in [1.82, 2.24) is 15.5 Å². The Kier molecular flexibility index (Phi) is 6.86. The molecule has 0 aliphatic rings. The topological polar surface area (TPSA) is 60.2 Å². The Hall–Kier alpha value is -1.08. The molecule has 0 aliphatic heterocycles. The Morgan fingerprint density at radius 1 is 1.42 bits per heavy atom. The summed E-state index contributed by atoms with van der Waals surface area (Å²) in [6, 6.07) is 0.230. The van der Waals surface area contributed by atoms with Gasteiger partial charge in [-0.15, -0.1) is 0 Å². The fourth-order valence-corrected chi connectivity index (χ4v) is 1.80. The average molecular weight is 277 g/mol. The molecule has 0 aromatic carbocycles. The third kappa shape index (κ3) is 5.20. The zero-order valence-electron chi connectivity index (χ0n) is 11.5. The van der Waals surface area contributed by atoms with E-state index in [1.54, 1.807) is 0 Å². The molecule has 2 unspecified atom stereocenters. The molecule has 19 heavy (non-hydrogen) atoms. The Balaban J connectivity index is 2.47. The molecule has 0 aliphatic carbocycles. The van der Waals surface area contributed by atoms with E-state index < -0.39 is 13.0 Å². The van der Waals surface area contributed by atoms with E-state index in [1.165, 1.54) is 0 Å². The summed E-state index contributed by atoms with van der Waals surface area (Å²) in [5.41, 5.74) is 0. The molecular formula is C12H21F2N3O2. The van der Waals surface area contributed by atoms with Crippen LogP contribution in [0.1, 0.15) is 37.9 Å². The normalized spacial score (nSPS) is 14.8. The highest BCUT2D eigenvalue weighted by Crippen LogP contribution is 2.21. The second-order valence-electron chi connectivity index (χ2n) is 4.36. The van der Waals surface area contributed by atoms with E-state index in [4.69, 9.17) is 9.26 Å². The van der Waals surface area contributed by atoms with Gasteiger partial charge in [0.2, 0.25) is 5.89 Å². The minimum absolute atomic E-state index is 0.147. The van der Waals surface area contributed by atoms with Crippen LogP contribution < -0.4 is 5.32 Å². The SMILES string of the molecule is CCC(c1nc(CCOCC(F)F)no1)C(C)NC. The summed E-state index contributed by atoms with van der Waals surface area (Å²) in [5.74, 6) is 1.22. The summed E-state index contributed by atoms with van der Waals surface area (Å²) in [5, 5.41) is 6.99. The van der Waals surface area contributed by atoms with Crippen molar-refractivity contribution in [3.63, 3.8) is 0 Å². The van der Waals surface area contributed by atoms with Crippen molar-refractivity contribution >= 4 is 0 Å². The van der Waals surface area contributed by atoms with Gasteiger partial charge in [0, 0.05) is 12.5 Å². The van der Waals surface area contributed by atoms with Crippen LogP contribution >= 0.6 is 0 Å². The first-order valence-corrected chi connectivity index (χ1v) is 6.44. The fraction of sp³-hybridized carbons (Fsp3) is 0.833. The first-order valence-electron chi connectivity index (χ1n) is 6.44. The van der Waals surface area contributed by atoms with E-state index in [0.29, 0.717) is 18.1 Å². The first-order chi connectivity index (χ1) is 9.08. The maximum Gasteiger partial charge on any atom is 0.261 e. The van der Waals surface area contributed by atoms with Crippen LogP contribution in [0.2, 0.25) is 0 Å². The van der Waals surface area contributed by atoms with Crippen molar-refractivity contribution in [2.45, 2.75) is 45.1 Å². The maximum atomic E-state index is 11.9. The third-order valence-electron chi connectivity index (χ3n) is 3.01. The first kappa shape index (κ1) is 16.0. The van der Waals surface area contributed by atoms with Crippen LogP contribution in [-0.4, -0.2) is 42.9 Å². The van der Waals surface area contributed by atoms with Crippen molar-refractivity contribution in [3.05, 3.63) is 11.7 Å². The number of ether oxygens (including phenoxy) is 1.